The van der Waals surface area contributed by atoms with Gasteiger partial charge in [-0.3, -0.25) is 4.79 Å². The summed E-state index contributed by atoms with van der Waals surface area (Å²) in [7, 11) is 0. The van der Waals surface area contributed by atoms with Gasteiger partial charge in [-0.25, -0.2) is 0 Å². The van der Waals surface area contributed by atoms with Crippen molar-refractivity contribution in [1.82, 2.24) is 0 Å². The summed E-state index contributed by atoms with van der Waals surface area (Å²) in [4.78, 5) is 24.2. The Balaban J connectivity index is 0.00000324. The number of rotatable bonds is 7. The molecule has 0 spiro atoms. The van der Waals surface area contributed by atoms with Gasteiger partial charge >= 0.3 is 18.9 Å². The van der Waals surface area contributed by atoms with E-state index >= 15 is 0 Å². The van der Waals surface area contributed by atoms with Crippen LogP contribution in [-0.2, 0) is 6.42 Å². The van der Waals surface area contributed by atoms with E-state index in [2.05, 4.69) is 23.5 Å². The average Bonchev–Trinajstić information content (AvgIpc) is 2.80. The van der Waals surface area contributed by atoms with Gasteiger partial charge in [0.05, 0.1) is 28.8 Å². The van der Waals surface area contributed by atoms with E-state index in [1.54, 1.807) is 6.07 Å². The molecule has 0 aromatic heterocycles. The van der Waals surface area contributed by atoms with Crippen LogP contribution in [-0.4, -0.2) is 18.5 Å². The van der Waals surface area contributed by atoms with Crippen LogP contribution in [0.5, 0.6) is 5.75 Å². The normalized spacial score (nSPS) is 10.4. The number of amides is 1. The van der Waals surface area contributed by atoms with E-state index in [9.17, 15) is 14.7 Å². The monoisotopic (exact) mass is 485 g/mol. The minimum atomic E-state index is -1.44. The van der Waals surface area contributed by atoms with Gasteiger partial charge in [-0.1, -0.05) is 65.7 Å². The molecule has 166 valence electrons. The Bertz CT molecular complexity index is 1350. The third kappa shape index (κ3) is 5.94. The molecular formula is C26H18Cl2LiNO4. The second-order valence-corrected chi connectivity index (χ2v) is 8.15. The SMILES string of the molecule is O=C(Nc1ccc(OCCc2cccc3ccccc23)cc1C(=O)[O-])c1ccc(Cl)cc1Cl.[Li+]. The van der Waals surface area contributed by atoms with E-state index in [-0.39, 0.29) is 40.7 Å². The molecule has 0 unspecified atom stereocenters. The van der Waals surface area contributed by atoms with Gasteiger partial charge < -0.3 is 20.0 Å². The number of ether oxygens (including phenoxy) is 1. The Morgan fingerprint density at radius 3 is 2.41 bits per heavy atom. The number of fused-ring (bicyclic) bond motifs is 1. The predicted octanol–water partition coefficient (Wildman–Crippen LogP) is 2.39. The molecule has 1 amide bonds. The fraction of sp³-hybridized carbons (Fsp3) is 0.0769. The number of nitrogens with one attached hydrogen (secondary N) is 1. The zero-order valence-electron chi connectivity index (χ0n) is 18.3. The molecule has 0 aliphatic heterocycles. The number of carbonyl (C=O) groups is 2. The Morgan fingerprint density at radius 2 is 1.65 bits per heavy atom. The third-order valence-corrected chi connectivity index (χ3v) is 5.70. The number of benzene rings is 4. The molecule has 0 aliphatic rings. The first-order valence-electron chi connectivity index (χ1n) is 10.1. The molecule has 4 rings (SSSR count). The van der Waals surface area contributed by atoms with E-state index < -0.39 is 11.9 Å². The van der Waals surface area contributed by atoms with Crippen LogP contribution in [0.1, 0.15) is 26.3 Å². The summed E-state index contributed by atoms with van der Waals surface area (Å²) < 4.78 is 5.79. The second kappa shape index (κ2) is 11.5. The molecule has 0 atom stereocenters. The minimum Gasteiger partial charge on any atom is -0.545 e. The van der Waals surface area contributed by atoms with Crippen molar-refractivity contribution < 1.29 is 38.3 Å². The third-order valence-electron chi connectivity index (χ3n) is 5.15. The van der Waals surface area contributed by atoms with Crippen LogP contribution in [0, 0.1) is 0 Å². The fourth-order valence-corrected chi connectivity index (χ4v) is 4.04. The van der Waals surface area contributed by atoms with Crippen molar-refractivity contribution in [2.45, 2.75) is 6.42 Å². The fourth-order valence-electron chi connectivity index (χ4n) is 3.54. The van der Waals surface area contributed by atoms with Crippen LogP contribution >= 0.6 is 23.2 Å². The molecule has 0 radical (unpaired) electrons. The zero-order valence-corrected chi connectivity index (χ0v) is 19.8. The number of carbonyl (C=O) groups excluding carboxylic acids is 2. The van der Waals surface area contributed by atoms with E-state index in [0.29, 0.717) is 23.8 Å². The molecule has 8 heteroatoms. The number of hydrogen-bond acceptors (Lipinski definition) is 4. The summed E-state index contributed by atoms with van der Waals surface area (Å²) in [5.74, 6) is -1.65. The summed E-state index contributed by atoms with van der Waals surface area (Å²) in [6.45, 7) is 0.354. The van der Waals surface area contributed by atoms with Gasteiger partial charge in [-0.15, -0.1) is 0 Å². The maximum absolute atomic E-state index is 12.6. The molecule has 0 saturated heterocycles. The molecule has 0 saturated carbocycles. The predicted molar refractivity (Wildman–Crippen MR) is 128 cm³/mol. The van der Waals surface area contributed by atoms with Crippen molar-refractivity contribution in [2.75, 3.05) is 11.9 Å². The van der Waals surface area contributed by atoms with Crippen LogP contribution < -0.4 is 34.0 Å². The van der Waals surface area contributed by atoms with Crippen molar-refractivity contribution in [3.8, 4) is 5.75 Å². The zero-order chi connectivity index (χ0) is 23.4. The quantitative estimate of drug-likeness (QED) is 0.407. The largest absolute Gasteiger partial charge is 1.00 e. The number of aromatic carboxylic acids is 1. The molecule has 0 fully saturated rings. The van der Waals surface area contributed by atoms with Gasteiger partial charge in [0.25, 0.3) is 5.91 Å². The van der Waals surface area contributed by atoms with Crippen LogP contribution in [0.2, 0.25) is 10.0 Å². The van der Waals surface area contributed by atoms with E-state index in [0.717, 1.165) is 16.3 Å². The summed E-state index contributed by atoms with van der Waals surface area (Å²) >= 11 is 11.9. The summed E-state index contributed by atoms with van der Waals surface area (Å²) in [6.07, 6.45) is 0.648. The first-order valence-corrected chi connectivity index (χ1v) is 10.9. The topological polar surface area (TPSA) is 78.5 Å². The van der Waals surface area contributed by atoms with Gasteiger partial charge in [0.2, 0.25) is 0 Å². The molecule has 0 heterocycles. The average molecular weight is 486 g/mol. The van der Waals surface area contributed by atoms with E-state index in [1.165, 1.54) is 30.3 Å². The number of hydrogen-bond donors (Lipinski definition) is 1. The van der Waals surface area contributed by atoms with E-state index in [4.69, 9.17) is 27.9 Å². The van der Waals surface area contributed by atoms with Crippen LogP contribution in [0.3, 0.4) is 0 Å². The molecular weight excluding hydrogens is 468 g/mol. The Labute approximate surface area is 218 Å². The molecule has 1 N–H and O–H groups in total. The summed E-state index contributed by atoms with van der Waals surface area (Å²) in [5.41, 5.74) is 1.18. The van der Waals surface area contributed by atoms with Gasteiger partial charge in [0.15, 0.2) is 0 Å². The molecule has 4 aromatic carbocycles. The van der Waals surface area contributed by atoms with Gasteiger partial charge in [0, 0.05) is 17.0 Å². The van der Waals surface area contributed by atoms with Crippen molar-refractivity contribution in [2.24, 2.45) is 0 Å². The van der Waals surface area contributed by atoms with E-state index in [1.807, 2.05) is 24.3 Å². The minimum absolute atomic E-state index is 0. The maximum atomic E-state index is 12.6. The number of anilines is 1. The standard InChI is InChI=1S/C26H19Cl2NO4.Li/c27-18-8-10-21(23(28)14-18)25(30)29-24-11-9-19(15-22(24)26(31)32)33-13-12-17-6-3-5-16-4-1-2-7-20(16)17;/h1-11,14-15H,12-13H2,(H,29,30)(H,31,32);/q;+1/p-1. The number of carboxylic acids is 1. The molecule has 0 aliphatic carbocycles. The van der Waals surface area contributed by atoms with Gasteiger partial charge in [0.1, 0.15) is 5.75 Å². The van der Waals surface area contributed by atoms with Crippen molar-refractivity contribution in [1.29, 1.82) is 0 Å². The second-order valence-electron chi connectivity index (χ2n) is 7.31. The molecule has 34 heavy (non-hydrogen) atoms. The Hall–Kier alpha value is -2.94. The first kappa shape index (κ1) is 25.7. The van der Waals surface area contributed by atoms with Crippen LogP contribution in [0.15, 0.2) is 78.9 Å². The van der Waals surface area contributed by atoms with Gasteiger partial charge in [-0.2, -0.15) is 0 Å². The smallest absolute Gasteiger partial charge is 0.545 e. The molecule has 0 bridgehead atoms. The molecule has 4 aromatic rings. The van der Waals surface area contributed by atoms with Gasteiger partial charge in [-0.05, 0) is 52.7 Å². The first-order chi connectivity index (χ1) is 15.9. The van der Waals surface area contributed by atoms with Crippen LogP contribution in [0.4, 0.5) is 5.69 Å². The molecule has 5 nitrogen and oxygen atoms in total. The van der Waals surface area contributed by atoms with Crippen molar-refractivity contribution >= 4 is 51.5 Å². The Morgan fingerprint density at radius 1 is 0.882 bits per heavy atom. The summed E-state index contributed by atoms with van der Waals surface area (Å²) in [5, 5.41) is 17.1. The number of halogens is 2. The van der Waals surface area contributed by atoms with Crippen molar-refractivity contribution in [3.05, 3.63) is 106 Å². The number of carboxylic acid groups (broad SMARTS) is 1. The Kier molecular flexibility index (Phi) is 8.65. The summed E-state index contributed by atoms with van der Waals surface area (Å²) in [6, 6.07) is 23.0. The van der Waals surface area contributed by atoms with Crippen LogP contribution in [0.25, 0.3) is 10.8 Å². The maximum Gasteiger partial charge on any atom is 1.00 e. The van der Waals surface area contributed by atoms with Crippen molar-refractivity contribution in [3.63, 3.8) is 0 Å².